The summed E-state index contributed by atoms with van der Waals surface area (Å²) in [5.74, 6) is 0.283. The van der Waals surface area contributed by atoms with E-state index in [2.05, 4.69) is 26.0 Å². The topological polar surface area (TPSA) is 40.5 Å². The average Bonchev–Trinajstić information content (AvgIpc) is 2.45. The number of hydrogen-bond acceptors (Lipinski definition) is 2. The highest BCUT2D eigenvalue weighted by molar-refractivity contribution is 5.75. The van der Waals surface area contributed by atoms with Crippen molar-refractivity contribution in [2.24, 2.45) is 0 Å². The molecule has 20 heavy (non-hydrogen) atoms. The molecule has 106 valence electrons. The Labute approximate surface area is 120 Å². The van der Waals surface area contributed by atoms with E-state index in [1.807, 2.05) is 13.0 Å². The molecule has 0 aromatic heterocycles. The minimum atomic E-state index is 0.110. The van der Waals surface area contributed by atoms with Crippen LogP contribution in [0.1, 0.15) is 37.5 Å². The second-order valence-electron chi connectivity index (χ2n) is 4.99. The van der Waals surface area contributed by atoms with Crippen LogP contribution >= 0.6 is 0 Å². The number of aryl methyl sites for hydroxylation is 1. The highest BCUT2D eigenvalue weighted by Gasteiger charge is 2.14. The summed E-state index contributed by atoms with van der Waals surface area (Å²) in [4.78, 5) is 0. The molecule has 0 radical (unpaired) electrons. The van der Waals surface area contributed by atoms with Gasteiger partial charge in [0.1, 0.15) is 11.5 Å². The van der Waals surface area contributed by atoms with Gasteiger partial charge < -0.3 is 10.2 Å². The molecular weight excluding hydrogens is 248 g/mol. The maximum absolute atomic E-state index is 10.1. The van der Waals surface area contributed by atoms with E-state index in [0.717, 1.165) is 36.0 Å². The predicted molar refractivity (Wildman–Crippen MR) is 83.3 cm³/mol. The number of phenols is 2. The van der Waals surface area contributed by atoms with Crippen LogP contribution in [0.3, 0.4) is 0 Å². The van der Waals surface area contributed by atoms with Gasteiger partial charge in [-0.15, -0.1) is 0 Å². The predicted octanol–water partition coefficient (Wildman–Crippen LogP) is 4.45. The first-order valence-electron chi connectivity index (χ1n) is 7.28. The van der Waals surface area contributed by atoms with Crippen molar-refractivity contribution in [2.45, 2.75) is 40.0 Å². The van der Waals surface area contributed by atoms with Crippen molar-refractivity contribution in [2.75, 3.05) is 0 Å². The highest BCUT2D eigenvalue weighted by atomic mass is 16.3. The molecule has 0 bridgehead atoms. The quantitative estimate of drug-likeness (QED) is 0.861. The molecule has 0 fully saturated rings. The van der Waals surface area contributed by atoms with Crippen LogP contribution in [0.4, 0.5) is 0 Å². The molecule has 2 rings (SSSR count). The van der Waals surface area contributed by atoms with Gasteiger partial charge >= 0.3 is 0 Å². The van der Waals surface area contributed by atoms with E-state index in [9.17, 15) is 10.2 Å². The SMILES string of the molecule is CCc1cccc(-c2cc(O)cc(O)c2CC)c1CC. The largest absolute Gasteiger partial charge is 0.508 e. The lowest BCUT2D eigenvalue weighted by Gasteiger charge is -2.17. The summed E-state index contributed by atoms with van der Waals surface area (Å²) in [7, 11) is 0. The first-order valence-corrected chi connectivity index (χ1v) is 7.28. The maximum atomic E-state index is 10.1. The van der Waals surface area contributed by atoms with Crippen molar-refractivity contribution in [3.8, 4) is 22.6 Å². The van der Waals surface area contributed by atoms with Gasteiger partial charge in [0.15, 0.2) is 0 Å². The third-order valence-corrected chi connectivity index (χ3v) is 3.86. The van der Waals surface area contributed by atoms with Gasteiger partial charge in [-0.3, -0.25) is 0 Å². The molecule has 0 saturated heterocycles. The van der Waals surface area contributed by atoms with Crippen LogP contribution < -0.4 is 0 Å². The minimum Gasteiger partial charge on any atom is -0.508 e. The van der Waals surface area contributed by atoms with Gasteiger partial charge in [-0.25, -0.2) is 0 Å². The van der Waals surface area contributed by atoms with E-state index in [1.54, 1.807) is 6.07 Å². The normalized spacial score (nSPS) is 10.8. The molecule has 0 unspecified atom stereocenters. The molecule has 0 spiro atoms. The van der Waals surface area contributed by atoms with Crippen LogP contribution in [0.25, 0.3) is 11.1 Å². The zero-order chi connectivity index (χ0) is 14.7. The molecule has 2 nitrogen and oxygen atoms in total. The van der Waals surface area contributed by atoms with Crippen molar-refractivity contribution >= 4 is 0 Å². The van der Waals surface area contributed by atoms with Gasteiger partial charge in [-0.1, -0.05) is 39.0 Å². The van der Waals surface area contributed by atoms with Gasteiger partial charge in [0.05, 0.1) is 0 Å². The molecular formula is C18H22O2. The van der Waals surface area contributed by atoms with Gasteiger partial charge in [0.25, 0.3) is 0 Å². The lowest BCUT2D eigenvalue weighted by molar-refractivity contribution is 0.447. The number of rotatable bonds is 4. The minimum absolute atomic E-state index is 0.110. The fraction of sp³-hybridized carbons (Fsp3) is 0.333. The van der Waals surface area contributed by atoms with Crippen molar-refractivity contribution in [1.29, 1.82) is 0 Å². The van der Waals surface area contributed by atoms with Gasteiger partial charge in [-0.05, 0) is 47.6 Å². The summed E-state index contributed by atoms with van der Waals surface area (Å²) >= 11 is 0. The second-order valence-corrected chi connectivity index (χ2v) is 4.99. The molecule has 0 amide bonds. The summed E-state index contributed by atoms with van der Waals surface area (Å²) in [6.45, 7) is 6.32. The van der Waals surface area contributed by atoms with E-state index < -0.39 is 0 Å². The van der Waals surface area contributed by atoms with E-state index >= 15 is 0 Å². The Morgan fingerprint density at radius 3 is 2.10 bits per heavy atom. The average molecular weight is 270 g/mol. The number of hydrogen-bond donors (Lipinski definition) is 2. The van der Waals surface area contributed by atoms with Crippen LogP contribution in [0, 0.1) is 0 Å². The molecule has 2 aromatic rings. The second kappa shape index (κ2) is 6.00. The van der Waals surface area contributed by atoms with Crippen molar-refractivity contribution < 1.29 is 10.2 Å². The molecule has 0 aliphatic heterocycles. The highest BCUT2D eigenvalue weighted by Crippen LogP contribution is 2.37. The monoisotopic (exact) mass is 270 g/mol. The number of phenolic OH excluding ortho intramolecular Hbond substituents is 2. The van der Waals surface area contributed by atoms with E-state index in [1.165, 1.54) is 17.2 Å². The molecule has 2 heteroatoms. The lowest BCUT2D eigenvalue weighted by atomic mass is 9.89. The number of benzene rings is 2. The van der Waals surface area contributed by atoms with Crippen molar-refractivity contribution in [3.63, 3.8) is 0 Å². The van der Waals surface area contributed by atoms with Crippen LogP contribution in [-0.2, 0) is 19.3 Å². The van der Waals surface area contributed by atoms with E-state index in [0.29, 0.717) is 0 Å². The maximum Gasteiger partial charge on any atom is 0.123 e. The van der Waals surface area contributed by atoms with Gasteiger partial charge in [0, 0.05) is 11.6 Å². The van der Waals surface area contributed by atoms with E-state index in [-0.39, 0.29) is 11.5 Å². The molecule has 0 aliphatic rings. The number of aromatic hydroxyl groups is 2. The smallest absolute Gasteiger partial charge is 0.123 e. The van der Waals surface area contributed by atoms with Crippen LogP contribution in [-0.4, -0.2) is 10.2 Å². The lowest BCUT2D eigenvalue weighted by Crippen LogP contribution is -1.97. The Bertz CT molecular complexity index is 615. The zero-order valence-electron chi connectivity index (χ0n) is 12.4. The molecule has 2 N–H and O–H groups in total. The summed E-state index contributed by atoms with van der Waals surface area (Å²) < 4.78 is 0. The molecule has 0 heterocycles. The van der Waals surface area contributed by atoms with E-state index in [4.69, 9.17) is 0 Å². The molecule has 0 atom stereocenters. The summed E-state index contributed by atoms with van der Waals surface area (Å²) in [5.41, 5.74) is 5.59. The first-order chi connectivity index (χ1) is 9.62. The standard InChI is InChI=1S/C18H22O2/c1-4-12-8-7-9-16(14(12)5-2)17-10-13(19)11-18(20)15(17)6-3/h7-11,19-20H,4-6H2,1-3H3. The van der Waals surface area contributed by atoms with Crippen molar-refractivity contribution in [3.05, 3.63) is 47.0 Å². The van der Waals surface area contributed by atoms with Gasteiger partial charge in [0.2, 0.25) is 0 Å². The first kappa shape index (κ1) is 14.4. The summed E-state index contributed by atoms with van der Waals surface area (Å²) in [6.07, 6.45) is 2.67. The molecule has 0 saturated carbocycles. The van der Waals surface area contributed by atoms with Crippen LogP contribution in [0.5, 0.6) is 11.5 Å². The van der Waals surface area contributed by atoms with Crippen LogP contribution in [0.2, 0.25) is 0 Å². The summed E-state index contributed by atoms with van der Waals surface area (Å²) in [5, 5.41) is 19.9. The van der Waals surface area contributed by atoms with Crippen molar-refractivity contribution in [1.82, 2.24) is 0 Å². The molecule has 0 aliphatic carbocycles. The fourth-order valence-corrected chi connectivity index (χ4v) is 2.89. The third kappa shape index (κ3) is 2.51. The Morgan fingerprint density at radius 2 is 1.50 bits per heavy atom. The van der Waals surface area contributed by atoms with Crippen LogP contribution in [0.15, 0.2) is 30.3 Å². The fourth-order valence-electron chi connectivity index (χ4n) is 2.89. The Hall–Kier alpha value is -1.96. The Kier molecular flexibility index (Phi) is 4.33. The Balaban J connectivity index is 2.74. The Morgan fingerprint density at radius 1 is 0.800 bits per heavy atom. The zero-order valence-corrected chi connectivity index (χ0v) is 12.4. The third-order valence-electron chi connectivity index (χ3n) is 3.86. The summed E-state index contributed by atoms with van der Waals surface area (Å²) in [6, 6.07) is 9.44. The molecule has 2 aromatic carbocycles. The van der Waals surface area contributed by atoms with Gasteiger partial charge in [-0.2, -0.15) is 0 Å².